The standard InChI is InChI=1S/C14H17FN4O2/c15-12-5-3-11(4-6-12)8-19-9-13(17-10-19)2-1-7-21-18-14(16)20/h3-6,9-10H,1-2,7-8H2,(H3,16,18,20). The molecule has 0 spiro atoms. The first-order chi connectivity index (χ1) is 10.1. The molecule has 0 aliphatic rings. The molecule has 0 bridgehead atoms. The van der Waals surface area contributed by atoms with Gasteiger partial charge in [0.2, 0.25) is 0 Å². The van der Waals surface area contributed by atoms with E-state index in [2.05, 4.69) is 10.5 Å². The minimum absolute atomic E-state index is 0.241. The van der Waals surface area contributed by atoms with Crippen molar-refractivity contribution in [1.82, 2.24) is 15.0 Å². The molecule has 0 radical (unpaired) electrons. The predicted molar refractivity (Wildman–Crippen MR) is 74.7 cm³/mol. The molecule has 1 aromatic carbocycles. The fourth-order valence-corrected chi connectivity index (χ4v) is 1.87. The fraction of sp³-hybridized carbons (Fsp3) is 0.286. The van der Waals surface area contributed by atoms with Gasteiger partial charge in [-0.3, -0.25) is 4.84 Å². The minimum atomic E-state index is -0.710. The molecule has 0 aliphatic carbocycles. The molecule has 0 saturated heterocycles. The lowest BCUT2D eigenvalue weighted by molar-refractivity contribution is 0.0628. The van der Waals surface area contributed by atoms with Gasteiger partial charge < -0.3 is 10.3 Å². The molecular weight excluding hydrogens is 275 g/mol. The molecule has 0 unspecified atom stereocenters. The van der Waals surface area contributed by atoms with Crippen LogP contribution < -0.4 is 11.2 Å². The van der Waals surface area contributed by atoms with Gasteiger partial charge in [0, 0.05) is 12.7 Å². The van der Waals surface area contributed by atoms with E-state index in [0.717, 1.165) is 17.7 Å². The molecule has 2 aromatic rings. The Kier molecular flexibility index (Phi) is 5.28. The van der Waals surface area contributed by atoms with Crippen LogP contribution >= 0.6 is 0 Å². The first kappa shape index (κ1) is 15.0. The van der Waals surface area contributed by atoms with E-state index < -0.39 is 6.03 Å². The Morgan fingerprint density at radius 1 is 1.38 bits per heavy atom. The van der Waals surface area contributed by atoms with E-state index in [4.69, 9.17) is 10.6 Å². The van der Waals surface area contributed by atoms with Gasteiger partial charge in [0.25, 0.3) is 0 Å². The molecule has 7 heteroatoms. The highest BCUT2D eigenvalue weighted by Crippen LogP contribution is 2.07. The smallest absolute Gasteiger partial charge is 0.336 e. The highest BCUT2D eigenvalue weighted by atomic mass is 19.1. The number of benzene rings is 1. The molecule has 21 heavy (non-hydrogen) atoms. The molecule has 1 heterocycles. The number of aryl methyl sites for hydroxylation is 1. The average molecular weight is 292 g/mol. The number of carbonyl (C=O) groups excluding carboxylic acids is 1. The van der Waals surface area contributed by atoms with Gasteiger partial charge in [-0.15, -0.1) is 0 Å². The van der Waals surface area contributed by atoms with E-state index in [1.165, 1.54) is 12.1 Å². The quantitative estimate of drug-likeness (QED) is 0.600. The summed E-state index contributed by atoms with van der Waals surface area (Å²) in [4.78, 5) is 19.5. The van der Waals surface area contributed by atoms with Crippen LogP contribution in [0.3, 0.4) is 0 Å². The number of nitrogens with zero attached hydrogens (tertiary/aromatic N) is 2. The van der Waals surface area contributed by atoms with Gasteiger partial charge in [-0.2, -0.15) is 0 Å². The largest absolute Gasteiger partial charge is 0.350 e. The number of rotatable bonds is 7. The Morgan fingerprint density at radius 2 is 2.14 bits per heavy atom. The van der Waals surface area contributed by atoms with Gasteiger partial charge in [-0.1, -0.05) is 12.1 Å². The van der Waals surface area contributed by atoms with Crippen LogP contribution in [0.2, 0.25) is 0 Å². The first-order valence-electron chi connectivity index (χ1n) is 6.56. The molecule has 0 saturated carbocycles. The summed E-state index contributed by atoms with van der Waals surface area (Å²) in [5.41, 5.74) is 8.85. The lowest BCUT2D eigenvalue weighted by Crippen LogP contribution is -2.29. The molecule has 1 aromatic heterocycles. The summed E-state index contributed by atoms with van der Waals surface area (Å²) in [5.74, 6) is -0.241. The van der Waals surface area contributed by atoms with Gasteiger partial charge in [0.05, 0.1) is 18.6 Å². The molecule has 2 amide bonds. The number of imidazole rings is 1. The summed E-state index contributed by atoms with van der Waals surface area (Å²) in [6, 6.07) is 5.67. The Hall–Kier alpha value is -2.41. The number of amides is 2. The van der Waals surface area contributed by atoms with Crippen molar-refractivity contribution >= 4 is 6.03 Å². The lowest BCUT2D eigenvalue weighted by atomic mass is 10.2. The number of hydrogen-bond donors (Lipinski definition) is 2. The van der Waals surface area contributed by atoms with Crippen molar-refractivity contribution < 1.29 is 14.0 Å². The highest BCUT2D eigenvalue weighted by molar-refractivity contribution is 5.70. The summed E-state index contributed by atoms with van der Waals surface area (Å²) >= 11 is 0. The number of urea groups is 1. The van der Waals surface area contributed by atoms with Crippen LogP contribution in [0.25, 0.3) is 0 Å². The van der Waals surface area contributed by atoms with Crippen molar-refractivity contribution in [3.63, 3.8) is 0 Å². The number of carbonyl (C=O) groups is 1. The molecular formula is C14H17FN4O2. The van der Waals surface area contributed by atoms with Crippen LogP contribution in [-0.4, -0.2) is 22.2 Å². The predicted octanol–water partition coefficient (Wildman–Crippen LogP) is 1.60. The van der Waals surface area contributed by atoms with E-state index in [0.29, 0.717) is 19.6 Å². The number of aromatic nitrogens is 2. The molecule has 3 N–H and O–H groups in total. The fourth-order valence-electron chi connectivity index (χ4n) is 1.87. The second-order valence-corrected chi connectivity index (χ2v) is 4.58. The number of nitrogens with one attached hydrogen (secondary N) is 1. The second-order valence-electron chi connectivity index (χ2n) is 4.58. The zero-order valence-electron chi connectivity index (χ0n) is 11.5. The van der Waals surface area contributed by atoms with Crippen LogP contribution in [-0.2, 0) is 17.8 Å². The summed E-state index contributed by atoms with van der Waals surface area (Å²) < 4.78 is 14.8. The Morgan fingerprint density at radius 3 is 2.86 bits per heavy atom. The van der Waals surface area contributed by atoms with Gasteiger partial charge >= 0.3 is 6.03 Å². The first-order valence-corrected chi connectivity index (χ1v) is 6.56. The second kappa shape index (κ2) is 7.39. The highest BCUT2D eigenvalue weighted by Gasteiger charge is 2.01. The van der Waals surface area contributed by atoms with Crippen LogP contribution in [0.4, 0.5) is 9.18 Å². The number of hydrogen-bond acceptors (Lipinski definition) is 3. The van der Waals surface area contributed by atoms with Crippen molar-refractivity contribution in [2.45, 2.75) is 19.4 Å². The average Bonchev–Trinajstić information content (AvgIpc) is 2.88. The third-order valence-electron chi connectivity index (χ3n) is 2.82. The lowest BCUT2D eigenvalue weighted by Gasteiger charge is -2.02. The van der Waals surface area contributed by atoms with Crippen LogP contribution in [0.5, 0.6) is 0 Å². The minimum Gasteiger partial charge on any atom is -0.350 e. The molecule has 2 rings (SSSR count). The summed E-state index contributed by atoms with van der Waals surface area (Å²) in [5, 5.41) is 0. The van der Waals surface area contributed by atoms with E-state index in [9.17, 15) is 9.18 Å². The third-order valence-corrected chi connectivity index (χ3v) is 2.82. The number of primary amides is 1. The zero-order chi connectivity index (χ0) is 15.1. The Bertz CT molecular complexity index is 583. The van der Waals surface area contributed by atoms with E-state index in [1.807, 2.05) is 10.8 Å². The monoisotopic (exact) mass is 292 g/mol. The van der Waals surface area contributed by atoms with Crippen molar-refractivity contribution in [2.24, 2.45) is 5.73 Å². The Labute approximate surface area is 121 Å². The Balaban J connectivity index is 1.76. The molecule has 0 fully saturated rings. The van der Waals surface area contributed by atoms with Crippen molar-refractivity contribution in [1.29, 1.82) is 0 Å². The summed E-state index contributed by atoms with van der Waals surface area (Å²) in [7, 11) is 0. The van der Waals surface area contributed by atoms with E-state index in [1.54, 1.807) is 18.5 Å². The number of nitrogens with two attached hydrogens (primary N) is 1. The van der Waals surface area contributed by atoms with Gasteiger partial charge in [0.15, 0.2) is 0 Å². The van der Waals surface area contributed by atoms with Gasteiger partial charge in [0.1, 0.15) is 5.82 Å². The maximum Gasteiger partial charge on any atom is 0.336 e. The third kappa shape index (κ3) is 5.23. The van der Waals surface area contributed by atoms with Crippen molar-refractivity contribution in [3.05, 3.63) is 53.9 Å². The number of hydroxylamine groups is 1. The van der Waals surface area contributed by atoms with E-state index >= 15 is 0 Å². The summed E-state index contributed by atoms with van der Waals surface area (Å²) in [6.45, 7) is 1.01. The van der Waals surface area contributed by atoms with Crippen LogP contribution in [0.1, 0.15) is 17.7 Å². The molecule has 112 valence electrons. The van der Waals surface area contributed by atoms with Crippen molar-refractivity contribution in [2.75, 3.05) is 6.61 Å². The number of halogens is 1. The molecule has 0 aliphatic heterocycles. The van der Waals surface area contributed by atoms with Crippen LogP contribution in [0.15, 0.2) is 36.8 Å². The molecule has 0 atom stereocenters. The maximum absolute atomic E-state index is 12.8. The van der Waals surface area contributed by atoms with Gasteiger partial charge in [-0.25, -0.2) is 19.6 Å². The van der Waals surface area contributed by atoms with Gasteiger partial charge in [-0.05, 0) is 30.5 Å². The SMILES string of the molecule is NC(=O)NOCCCc1cn(Cc2ccc(F)cc2)cn1. The normalized spacial score (nSPS) is 10.5. The van der Waals surface area contributed by atoms with Crippen molar-refractivity contribution in [3.8, 4) is 0 Å². The molecule has 6 nitrogen and oxygen atoms in total. The summed E-state index contributed by atoms with van der Waals surface area (Å²) in [6.07, 6.45) is 5.12. The van der Waals surface area contributed by atoms with Crippen LogP contribution in [0, 0.1) is 5.82 Å². The zero-order valence-corrected chi connectivity index (χ0v) is 11.5. The maximum atomic E-state index is 12.8. The van der Waals surface area contributed by atoms with E-state index in [-0.39, 0.29) is 5.82 Å². The topological polar surface area (TPSA) is 82.2 Å².